The first-order chi connectivity index (χ1) is 18.7. The molecular weight excluding hydrogens is 490 g/mol. The van der Waals surface area contributed by atoms with Gasteiger partial charge < -0.3 is 10.1 Å². The summed E-state index contributed by atoms with van der Waals surface area (Å²) in [7, 11) is 0. The van der Waals surface area contributed by atoms with Crippen LogP contribution < -0.4 is 5.32 Å². The van der Waals surface area contributed by atoms with Crippen molar-refractivity contribution in [1.29, 1.82) is 0 Å². The van der Waals surface area contributed by atoms with Crippen molar-refractivity contribution in [2.75, 3.05) is 11.9 Å². The standard InChI is InChI=1S/C33H57NO3S/c1-3-5-6-7-8-9-10-11-12-13-14-15-16-17-18-19-20-21-22-27-30(35)34-32-31(33(36)37-4-2)28-25-23-24-26-29(28)38-32/h3-27H2,1-2H3,(H,34,35). The molecule has 5 heteroatoms. The van der Waals surface area contributed by atoms with Crippen molar-refractivity contribution in [2.45, 2.75) is 168 Å². The molecule has 1 aromatic heterocycles. The number of aryl methyl sites for hydroxylation is 1. The molecule has 0 aliphatic heterocycles. The van der Waals surface area contributed by atoms with Gasteiger partial charge in [0.1, 0.15) is 5.00 Å². The van der Waals surface area contributed by atoms with E-state index in [1.165, 1.54) is 114 Å². The Bertz CT molecular complexity index is 773. The van der Waals surface area contributed by atoms with Crippen LogP contribution in [0.15, 0.2) is 0 Å². The summed E-state index contributed by atoms with van der Waals surface area (Å²) in [5.41, 5.74) is 1.73. The number of amides is 1. The van der Waals surface area contributed by atoms with Gasteiger partial charge >= 0.3 is 5.97 Å². The molecule has 2 rings (SSSR count). The van der Waals surface area contributed by atoms with Gasteiger partial charge in [0.05, 0.1) is 12.2 Å². The van der Waals surface area contributed by atoms with Crippen molar-refractivity contribution in [3.8, 4) is 0 Å². The zero-order valence-electron chi connectivity index (χ0n) is 24.8. The van der Waals surface area contributed by atoms with Crippen LogP contribution in [0.2, 0.25) is 0 Å². The normalized spacial score (nSPS) is 12.9. The smallest absolute Gasteiger partial charge is 0.341 e. The number of hydrogen-bond acceptors (Lipinski definition) is 4. The maximum Gasteiger partial charge on any atom is 0.341 e. The molecule has 0 saturated carbocycles. The predicted octanol–water partition coefficient (Wildman–Crippen LogP) is 10.6. The second-order valence-corrected chi connectivity index (χ2v) is 12.4. The van der Waals surface area contributed by atoms with Crippen LogP contribution >= 0.6 is 11.3 Å². The minimum absolute atomic E-state index is 0.0288. The fourth-order valence-corrected chi connectivity index (χ4v) is 6.92. The van der Waals surface area contributed by atoms with Crippen LogP contribution in [0.3, 0.4) is 0 Å². The number of carbonyl (C=O) groups is 2. The number of thiophene rings is 1. The highest BCUT2D eigenvalue weighted by Crippen LogP contribution is 2.38. The van der Waals surface area contributed by atoms with Gasteiger partial charge in [-0.1, -0.05) is 122 Å². The summed E-state index contributed by atoms with van der Waals surface area (Å²) in [4.78, 5) is 26.4. The van der Waals surface area contributed by atoms with Crippen molar-refractivity contribution >= 4 is 28.2 Å². The molecule has 1 heterocycles. The summed E-state index contributed by atoms with van der Waals surface area (Å²) in [6.45, 7) is 4.47. The summed E-state index contributed by atoms with van der Waals surface area (Å²) in [5, 5.41) is 3.75. The van der Waals surface area contributed by atoms with E-state index in [-0.39, 0.29) is 11.9 Å². The summed E-state index contributed by atoms with van der Waals surface area (Å²) in [5.74, 6) is -0.258. The van der Waals surface area contributed by atoms with Gasteiger partial charge in [-0.2, -0.15) is 0 Å². The van der Waals surface area contributed by atoms with E-state index in [2.05, 4.69) is 12.2 Å². The number of hydrogen-bond donors (Lipinski definition) is 1. The number of unbranched alkanes of at least 4 members (excludes halogenated alkanes) is 18. The molecule has 0 aromatic carbocycles. The van der Waals surface area contributed by atoms with Gasteiger partial charge in [-0.05, 0) is 44.6 Å². The van der Waals surface area contributed by atoms with Crippen LogP contribution in [0.25, 0.3) is 0 Å². The second-order valence-electron chi connectivity index (χ2n) is 11.3. The van der Waals surface area contributed by atoms with Gasteiger partial charge in [-0.3, -0.25) is 4.79 Å². The molecule has 0 atom stereocenters. The fourth-order valence-electron chi connectivity index (χ4n) is 5.63. The average molecular weight is 548 g/mol. The Labute approximate surface area is 238 Å². The van der Waals surface area contributed by atoms with Gasteiger partial charge in [0.2, 0.25) is 5.91 Å². The largest absolute Gasteiger partial charge is 0.462 e. The maximum absolute atomic E-state index is 12.6. The quantitative estimate of drug-likeness (QED) is 0.109. The van der Waals surface area contributed by atoms with E-state index in [0.717, 1.165) is 44.1 Å². The van der Waals surface area contributed by atoms with Gasteiger partial charge in [0.25, 0.3) is 0 Å². The molecule has 4 nitrogen and oxygen atoms in total. The molecule has 0 fully saturated rings. The molecule has 1 aliphatic rings. The number of rotatable bonds is 23. The van der Waals surface area contributed by atoms with E-state index in [1.807, 2.05) is 6.92 Å². The lowest BCUT2D eigenvalue weighted by Crippen LogP contribution is -2.15. The topological polar surface area (TPSA) is 55.4 Å². The van der Waals surface area contributed by atoms with Crippen molar-refractivity contribution in [3.05, 3.63) is 16.0 Å². The Morgan fingerprint density at radius 1 is 0.684 bits per heavy atom. The van der Waals surface area contributed by atoms with Crippen LogP contribution in [0.5, 0.6) is 0 Å². The van der Waals surface area contributed by atoms with E-state index in [1.54, 1.807) is 11.3 Å². The third kappa shape index (κ3) is 13.6. The average Bonchev–Trinajstić information content (AvgIpc) is 3.28. The number of esters is 1. The summed E-state index contributed by atoms with van der Waals surface area (Å²) < 4.78 is 5.29. The Hall–Kier alpha value is -1.36. The number of ether oxygens (including phenoxy) is 1. The first kappa shape index (κ1) is 32.8. The highest BCUT2D eigenvalue weighted by atomic mass is 32.1. The molecule has 218 valence electrons. The molecule has 0 radical (unpaired) electrons. The molecule has 1 aliphatic carbocycles. The molecule has 0 spiro atoms. The summed E-state index contributed by atoms with van der Waals surface area (Å²) in [6.07, 6.45) is 30.4. The third-order valence-electron chi connectivity index (χ3n) is 7.91. The van der Waals surface area contributed by atoms with Crippen LogP contribution in [-0.2, 0) is 22.4 Å². The van der Waals surface area contributed by atoms with Crippen molar-refractivity contribution < 1.29 is 14.3 Å². The minimum atomic E-state index is -0.286. The fraction of sp³-hybridized carbons (Fsp3) is 0.818. The molecular formula is C33H57NO3S. The number of fused-ring (bicyclic) bond motifs is 1. The Morgan fingerprint density at radius 3 is 1.66 bits per heavy atom. The number of anilines is 1. The Morgan fingerprint density at radius 2 is 1.16 bits per heavy atom. The first-order valence-electron chi connectivity index (χ1n) is 16.3. The lowest BCUT2D eigenvalue weighted by Gasteiger charge is -2.12. The van der Waals surface area contributed by atoms with Gasteiger partial charge in [-0.15, -0.1) is 11.3 Å². The number of nitrogens with one attached hydrogen (secondary N) is 1. The van der Waals surface area contributed by atoms with Crippen molar-refractivity contribution in [3.63, 3.8) is 0 Å². The van der Waals surface area contributed by atoms with Crippen molar-refractivity contribution in [2.24, 2.45) is 0 Å². The van der Waals surface area contributed by atoms with E-state index in [4.69, 9.17) is 4.74 Å². The zero-order chi connectivity index (χ0) is 27.3. The highest BCUT2D eigenvalue weighted by molar-refractivity contribution is 7.17. The van der Waals surface area contributed by atoms with Crippen LogP contribution in [-0.4, -0.2) is 18.5 Å². The van der Waals surface area contributed by atoms with Gasteiger partial charge in [-0.25, -0.2) is 4.79 Å². The molecule has 0 bridgehead atoms. The van der Waals surface area contributed by atoms with Crippen LogP contribution in [0.4, 0.5) is 5.00 Å². The molecule has 1 N–H and O–H groups in total. The lowest BCUT2D eigenvalue weighted by atomic mass is 9.95. The zero-order valence-corrected chi connectivity index (χ0v) is 25.6. The minimum Gasteiger partial charge on any atom is -0.462 e. The predicted molar refractivity (Wildman–Crippen MR) is 164 cm³/mol. The SMILES string of the molecule is CCCCCCCCCCCCCCCCCCCCCC(=O)Nc1sc2c(c1C(=O)OCC)CCCC2. The van der Waals surface area contributed by atoms with Gasteiger partial charge in [0, 0.05) is 11.3 Å². The van der Waals surface area contributed by atoms with E-state index < -0.39 is 0 Å². The molecule has 0 unspecified atom stereocenters. The van der Waals surface area contributed by atoms with Gasteiger partial charge in [0.15, 0.2) is 0 Å². The number of carbonyl (C=O) groups excluding carboxylic acids is 2. The lowest BCUT2D eigenvalue weighted by molar-refractivity contribution is -0.116. The van der Waals surface area contributed by atoms with E-state index in [9.17, 15) is 9.59 Å². The van der Waals surface area contributed by atoms with Crippen LogP contribution in [0, 0.1) is 0 Å². The monoisotopic (exact) mass is 547 g/mol. The Kier molecular flexibility index (Phi) is 18.6. The van der Waals surface area contributed by atoms with E-state index >= 15 is 0 Å². The third-order valence-corrected chi connectivity index (χ3v) is 9.12. The molecule has 1 amide bonds. The molecule has 0 saturated heterocycles. The maximum atomic E-state index is 12.6. The van der Waals surface area contributed by atoms with Crippen molar-refractivity contribution in [1.82, 2.24) is 0 Å². The molecule has 38 heavy (non-hydrogen) atoms. The Balaban J connectivity index is 1.43. The first-order valence-corrected chi connectivity index (χ1v) is 17.1. The second kappa shape index (κ2) is 21.5. The molecule has 1 aromatic rings. The summed E-state index contributed by atoms with van der Waals surface area (Å²) in [6, 6.07) is 0. The van der Waals surface area contributed by atoms with E-state index in [0.29, 0.717) is 23.6 Å². The highest BCUT2D eigenvalue weighted by Gasteiger charge is 2.27. The van der Waals surface area contributed by atoms with Crippen LogP contribution in [0.1, 0.15) is 176 Å². The summed E-state index contributed by atoms with van der Waals surface area (Å²) >= 11 is 1.58.